The molecule has 1 saturated heterocycles. The fraction of sp³-hybridized carbons (Fsp3) is 0.500. The number of nitrogens with one attached hydrogen (secondary N) is 1. The van der Waals surface area contributed by atoms with Gasteiger partial charge in [0, 0.05) is 30.7 Å². The Morgan fingerprint density at radius 3 is 2.53 bits per heavy atom. The molecule has 1 fully saturated rings. The Bertz CT molecular complexity index is 357. The first-order chi connectivity index (χ1) is 8.01. The van der Waals surface area contributed by atoms with Crippen LogP contribution in [0.4, 0.5) is 0 Å². The zero-order valence-electron chi connectivity index (χ0n) is 11.0. The molecular weight excluding hydrogens is 212 g/mol. The van der Waals surface area contributed by atoms with Crippen molar-refractivity contribution in [1.29, 1.82) is 0 Å². The van der Waals surface area contributed by atoms with E-state index in [0.717, 1.165) is 18.7 Å². The number of piperazine rings is 1. The Morgan fingerprint density at radius 2 is 2.00 bits per heavy atom. The van der Waals surface area contributed by atoms with Crippen LogP contribution >= 0.6 is 0 Å². The fourth-order valence-corrected chi connectivity index (χ4v) is 1.99. The second kappa shape index (κ2) is 5.82. The second-order valence-corrected chi connectivity index (χ2v) is 4.62. The van der Waals surface area contributed by atoms with Crippen molar-refractivity contribution < 1.29 is 4.79 Å². The number of hydrogen-bond acceptors (Lipinski definition) is 2. The number of amides is 1. The van der Waals surface area contributed by atoms with Crippen molar-refractivity contribution in [1.82, 2.24) is 10.2 Å². The first-order valence-corrected chi connectivity index (χ1v) is 6.01. The number of carbonyl (C=O) groups excluding carboxylic acids is 1. The standard InChI is InChI=1S/C14H22N2O/c1-6-10(3)13(7-2)14(17)16-9-11(4)15-8-12(16)5/h6-7,11-12,15H,1-2,8-9H2,3-5H3/b13-10+/t11-,12?/m0/s1. The van der Waals surface area contributed by atoms with E-state index < -0.39 is 0 Å². The van der Waals surface area contributed by atoms with Gasteiger partial charge in [0.05, 0.1) is 0 Å². The molecular formula is C14H22N2O. The monoisotopic (exact) mass is 234 g/mol. The summed E-state index contributed by atoms with van der Waals surface area (Å²) in [6.45, 7) is 15.0. The summed E-state index contributed by atoms with van der Waals surface area (Å²) < 4.78 is 0. The highest BCUT2D eigenvalue weighted by molar-refractivity contribution is 5.97. The van der Waals surface area contributed by atoms with Crippen molar-refractivity contribution in [2.45, 2.75) is 32.9 Å². The third kappa shape index (κ3) is 3.07. The van der Waals surface area contributed by atoms with Gasteiger partial charge in [-0.25, -0.2) is 0 Å². The number of allylic oxidation sites excluding steroid dienone is 2. The molecule has 1 unspecified atom stereocenters. The van der Waals surface area contributed by atoms with Crippen LogP contribution in [0.25, 0.3) is 0 Å². The van der Waals surface area contributed by atoms with Gasteiger partial charge in [-0.3, -0.25) is 4.79 Å². The molecule has 3 nitrogen and oxygen atoms in total. The van der Waals surface area contributed by atoms with Gasteiger partial charge in [0.25, 0.3) is 5.91 Å². The molecule has 0 aromatic heterocycles. The highest BCUT2D eigenvalue weighted by Crippen LogP contribution is 2.15. The lowest BCUT2D eigenvalue weighted by molar-refractivity contribution is -0.130. The molecule has 0 radical (unpaired) electrons. The molecule has 0 aromatic carbocycles. The molecule has 1 aliphatic heterocycles. The molecule has 3 heteroatoms. The zero-order chi connectivity index (χ0) is 13.0. The minimum Gasteiger partial charge on any atom is -0.333 e. The van der Waals surface area contributed by atoms with Crippen LogP contribution in [0.1, 0.15) is 20.8 Å². The molecule has 1 aliphatic rings. The van der Waals surface area contributed by atoms with Crippen molar-refractivity contribution in [3.8, 4) is 0 Å². The van der Waals surface area contributed by atoms with Crippen molar-refractivity contribution in [3.63, 3.8) is 0 Å². The average Bonchev–Trinajstić information content (AvgIpc) is 2.32. The maximum atomic E-state index is 12.4. The maximum absolute atomic E-state index is 12.4. The summed E-state index contributed by atoms with van der Waals surface area (Å²) in [5.74, 6) is 0.0539. The number of nitrogens with zero attached hydrogens (tertiary/aromatic N) is 1. The largest absolute Gasteiger partial charge is 0.333 e. The molecule has 1 heterocycles. The number of rotatable bonds is 3. The normalized spacial score (nSPS) is 26.2. The number of hydrogen-bond donors (Lipinski definition) is 1. The molecule has 0 aromatic rings. The van der Waals surface area contributed by atoms with Crippen LogP contribution in [0, 0.1) is 0 Å². The van der Waals surface area contributed by atoms with Gasteiger partial charge >= 0.3 is 0 Å². The van der Waals surface area contributed by atoms with Gasteiger partial charge in [-0.15, -0.1) is 0 Å². The van der Waals surface area contributed by atoms with Crippen molar-refractivity contribution in [3.05, 3.63) is 36.5 Å². The van der Waals surface area contributed by atoms with Gasteiger partial charge in [-0.05, 0) is 26.3 Å². The van der Waals surface area contributed by atoms with Crippen molar-refractivity contribution in [2.75, 3.05) is 13.1 Å². The summed E-state index contributed by atoms with van der Waals surface area (Å²) in [7, 11) is 0. The van der Waals surface area contributed by atoms with Crippen LogP contribution in [0.5, 0.6) is 0 Å². The van der Waals surface area contributed by atoms with E-state index in [1.165, 1.54) is 0 Å². The predicted molar refractivity (Wildman–Crippen MR) is 71.7 cm³/mol. The summed E-state index contributed by atoms with van der Waals surface area (Å²) in [6, 6.07) is 0.552. The van der Waals surface area contributed by atoms with E-state index in [1.807, 2.05) is 11.8 Å². The van der Waals surface area contributed by atoms with Gasteiger partial charge in [0.1, 0.15) is 0 Å². The van der Waals surface area contributed by atoms with Crippen LogP contribution in [0.2, 0.25) is 0 Å². The van der Waals surface area contributed by atoms with E-state index >= 15 is 0 Å². The van der Waals surface area contributed by atoms with E-state index in [2.05, 4.69) is 32.3 Å². The summed E-state index contributed by atoms with van der Waals surface area (Å²) in [5, 5.41) is 3.36. The topological polar surface area (TPSA) is 32.3 Å². The van der Waals surface area contributed by atoms with E-state index in [-0.39, 0.29) is 11.9 Å². The van der Waals surface area contributed by atoms with Crippen LogP contribution in [-0.2, 0) is 4.79 Å². The Labute approximate surface area is 104 Å². The molecule has 1 amide bonds. The Balaban J connectivity index is 2.94. The van der Waals surface area contributed by atoms with Crippen LogP contribution in [0.3, 0.4) is 0 Å². The Hall–Kier alpha value is -1.35. The second-order valence-electron chi connectivity index (χ2n) is 4.62. The van der Waals surface area contributed by atoms with Gasteiger partial charge < -0.3 is 10.2 Å². The average molecular weight is 234 g/mol. The third-order valence-electron chi connectivity index (χ3n) is 3.19. The summed E-state index contributed by atoms with van der Waals surface area (Å²) in [4.78, 5) is 14.3. The molecule has 0 aliphatic carbocycles. The number of carbonyl (C=O) groups is 1. The first-order valence-electron chi connectivity index (χ1n) is 6.01. The van der Waals surface area contributed by atoms with Gasteiger partial charge in [0.15, 0.2) is 0 Å². The van der Waals surface area contributed by atoms with Crippen molar-refractivity contribution in [2.24, 2.45) is 0 Å². The third-order valence-corrected chi connectivity index (χ3v) is 3.19. The SMILES string of the molecule is C=C/C(C)=C(\C=C)C(=O)N1C[C@H](C)NCC1C. The lowest BCUT2D eigenvalue weighted by Crippen LogP contribution is -2.56. The van der Waals surface area contributed by atoms with Gasteiger partial charge in [0.2, 0.25) is 0 Å². The fourth-order valence-electron chi connectivity index (χ4n) is 1.99. The highest BCUT2D eigenvalue weighted by Gasteiger charge is 2.27. The minimum atomic E-state index is 0.0539. The first kappa shape index (κ1) is 13.7. The van der Waals surface area contributed by atoms with Crippen LogP contribution < -0.4 is 5.32 Å². The van der Waals surface area contributed by atoms with Crippen LogP contribution in [0.15, 0.2) is 36.5 Å². The van der Waals surface area contributed by atoms with E-state index in [9.17, 15) is 4.79 Å². The smallest absolute Gasteiger partial charge is 0.254 e. The molecule has 17 heavy (non-hydrogen) atoms. The molecule has 0 saturated carbocycles. The van der Waals surface area contributed by atoms with Gasteiger partial charge in [-0.2, -0.15) is 0 Å². The van der Waals surface area contributed by atoms with E-state index in [1.54, 1.807) is 12.2 Å². The van der Waals surface area contributed by atoms with E-state index in [4.69, 9.17) is 0 Å². The molecule has 0 bridgehead atoms. The molecule has 1 N–H and O–H groups in total. The summed E-state index contributed by atoms with van der Waals surface area (Å²) in [6.07, 6.45) is 3.32. The Kier molecular flexibility index (Phi) is 4.70. The summed E-state index contributed by atoms with van der Waals surface area (Å²) >= 11 is 0. The molecule has 0 spiro atoms. The lowest BCUT2D eigenvalue weighted by Gasteiger charge is -2.38. The van der Waals surface area contributed by atoms with Gasteiger partial charge in [-0.1, -0.05) is 25.3 Å². The van der Waals surface area contributed by atoms with E-state index in [0.29, 0.717) is 11.6 Å². The molecule has 2 atom stereocenters. The maximum Gasteiger partial charge on any atom is 0.254 e. The minimum absolute atomic E-state index is 0.0539. The summed E-state index contributed by atoms with van der Waals surface area (Å²) in [5.41, 5.74) is 1.53. The predicted octanol–water partition coefficient (Wildman–Crippen LogP) is 1.88. The Morgan fingerprint density at radius 1 is 1.35 bits per heavy atom. The highest BCUT2D eigenvalue weighted by atomic mass is 16.2. The molecule has 94 valence electrons. The van der Waals surface area contributed by atoms with Crippen LogP contribution in [-0.4, -0.2) is 36.0 Å². The lowest BCUT2D eigenvalue weighted by atomic mass is 10.0. The quantitative estimate of drug-likeness (QED) is 0.597. The molecule has 1 rings (SSSR count). The zero-order valence-corrected chi connectivity index (χ0v) is 11.0. The van der Waals surface area contributed by atoms with Crippen molar-refractivity contribution >= 4 is 5.91 Å².